The number of anilines is 4. The number of halogens is 2. The Morgan fingerprint density at radius 1 is 0.551 bits per heavy atom. The van der Waals surface area contributed by atoms with E-state index in [0.717, 1.165) is 8.61 Å². The van der Waals surface area contributed by atoms with Gasteiger partial charge in [-0.3, -0.25) is 27.8 Å². The van der Waals surface area contributed by atoms with Crippen LogP contribution < -0.4 is 46.7 Å². The maximum atomic E-state index is 13.9. The first kappa shape index (κ1) is 65.0. The summed E-state index contributed by atoms with van der Waals surface area (Å²) in [6, 6.07) is 27.5. The van der Waals surface area contributed by atoms with Crippen molar-refractivity contribution in [1.29, 1.82) is 0 Å². The molecule has 2 atom stereocenters. The normalized spacial score (nSPS) is 11.6. The maximum absolute atomic E-state index is 13.9. The Labute approximate surface area is 475 Å². The number of hydrogen-bond acceptors (Lipinski definition) is 15. The van der Waals surface area contributed by atoms with Gasteiger partial charge in [0.2, 0.25) is 0 Å². The van der Waals surface area contributed by atoms with Gasteiger partial charge in [0.05, 0.1) is 85.6 Å². The number of nitrogens with zero attached hydrogens (tertiary/aromatic N) is 4. The summed E-state index contributed by atoms with van der Waals surface area (Å²) >= 11 is 12.4. The van der Waals surface area contributed by atoms with E-state index in [1.54, 1.807) is 72.5 Å². The van der Waals surface area contributed by atoms with E-state index in [4.69, 9.17) is 55.0 Å². The summed E-state index contributed by atoms with van der Waals surface area (Å²) < 4.78 is 76.8. The molecular weight excluding hydrogens is 1090 g/mol. The molecule has 3 N–H and O–H groups in total. The molecule has 0 aliphatic rings. The molecular formula is C54H55Cl2LiN4O15S2. The first-order chi connectivity index (χ1) is 36.1. The van der Waals surface area contributed by atoms with Crippen molar-refractivity contribution in [2.45, 2.75) is 48.6 Å². The second kappa shape index (κ2) is 28.9. The van der Waals surface area contributed by atoms with Gasteiger partial charge >= 0.3 is 42.7 Å². The second-order valence-electron chi connectivity index (χ2n) is 16.6. The molecule has 0 spiro atoms. The number of methoxy groups -OCH3 is 4. The van der Waals surface area contributed by atoms with Crippen molar-refractivity contribution >= 4 is 111 Å². The van der Waals surface area contributed by atoms with Crippen LogP contribution in [0.15, 0.2) is 119 Å². The molecule has 0 aliphatic heterocycles. The second-order valence-corrected chi connectivity index (χ2v) is 21.2. The zero-order valence-electron chi connectivity index (χ0n) is 43.5. The molecule has 0 bridgehead atoms. The monoisotopic (exact) mass is 1140 g/mol. The molecule has 6 aromatic rings. The Morgan fingerprint density at radius 2 is 0.910 bits per heavy atom. The van der Waals surface area contributed by atoms with Gasteiger partial charge in [-0.1, -0.05) is 83.6 Å². The van der Waals surface area contributed by atoms with Crippen LogP contribution in [0.5, 0.6) is 11.5 Å². The van der Waals surface area contributed by atoms with E-state index >= 15 is 0 Å². The molecule has 0 saturated carbocycles. The van der Waals surface area contributed by atoms with Gasteiger partial charge in [0.15, 0.2) is 0 Å². The molecule has 0 heterocycles. The number of benzene rings is 6. The number of carboxylic acid groups (broad SMARTS) is 2. The van der Waals surface area contributed by atoms with Gasteiger partial charge in [0.1, 0.15) is 24.6 Å². The van der Waals surface area contributed by atoms with Crippen molar-refractivity contribution in [3.05, 3.63) is 119 Å². The van der Waals surface area contributed by atoms with E-state index in [9.17, 15) is 46.2 Å². The minimum Gasteiger partial charge on any atom is -0.870 e. The number of esters is 2. The van der Waals surface area contributed by atoms with E-state index in [2.05, 4.69) is 11.8 Å². The largest absolute Gasteiger partial charge is 1.00 e. The van der Waals surface area contributed by atoms with Crippen molar-refractivity contribution in [3.8, 4) is 36.2 Å². The summed E-state index contributed by atoms with van der Waals surface area (Å²) in [5, 5.41) is 21.3. The molecule has 78 heavy (non-hydrogen) atoms. The van der Waals surface area contributed by atoms with Crippen LogP contribution >= 0.6 is 23.2 Å². The van der Waals surface area contributed by atoms with Crippen molar-refractivity contribution < 1.29 is 89.5 Å². The first-order valence-corrected chi connectivity index (χ1v) is 26.5. The van der Waals surface area contributed by atoms with Gasteiger partial charge in [0.25, 0.3) is 20.0 Å². The Hall–Kier alpha value is -7.32. The average Bonchev–Trinajstić information content (AvgIpc) is 3.43. The number of rotatable bonds is 22. The van der Waals surface area contributed by atoms with Gasteiger partial charge in [-0.05, 0) is 74.5 Å². The van der Waals surface area contributed by atoms with Crippen LogP contribution in [0.1, 0.15) is 26.7 Å². The number of ether oxygens (including phenoxy) is 4. The zero-order chi connectivity index (χ0) is 56.1. The quantitative estimate of drug-likeness (QED) is 0.0505. The van der Waals surface area contributed by atoms with Gasteiger partial charge in [-0.15, -0.1) is 12.8 Å². The van der Waals surface area contributed by atoms with E-state index < -0.39 is 57.1 Å². The number of sulfonamides is 2. The smallest absolute Gasteiger partial charge is 0.870 e. The van der Waals surface area contributed by atoms with Crippen LogP contribution in [0.2, 0.25) is 10.0 Å². The Bertz CT molecular complexity index is 3470. The fourth-order valence-electron chi connectivity index (χ4n) is 8.20. The predicted octanol–water partition coefficient (Wildman–Crippen LogP) is 5.17. The number of carbonyl (C=O) groups excluding carboxylic acids is 2. The molecule has 6 rings (SSSR count). The number of terminal acetylenes is 2. The van der Waals surface area contributed by atoms with Crippen LogP contribution in [-0.2, 0) is 48.7 Å². The standard InChI is InChI=1S/C28H29ClN2O7S.C26H25ClN2O7S.Li.H2O/c1-6-15-30(19(2)16-27(32)37-4)24-12-13-25(22-10-8-7-9-21(22)24)31(18-28(33)38-5)39(34,35)20-11-14-26(36-3)23(29)17-20;1-4-13-28(17(2)14-25(30)31)22-10-11-23(20-8-6-5-7-19(20)22)29(16-26(32)33)37(34,35)18-9-12-24(36-3)21(27)15-18;;/h1,7-14,17,19H,15-16,18H2,2-5H3;1,5-12,15,17H,13-14,16H2,2-3H3,(H,30,31)(H,32,33);;1H2/q;;+1;/p-1/t19-;17-;;/m00../s1. The molecule has 0 aliphatic carbocycles. The van der Waals surface area contributed by atoms with Gasteiger partial charge in [0, 0.05) is 45.0 Å². The topological polar surface area (TPSA) is 257 Å². The molecule has 0 saturated heterocycles. The van der Waals surface area contributed by atoms with Gasteiger partial charge in [-0.2, -0.15) is 0 Å². The van der Waals surface area contributed by atoms with Crippen molar-refractivity contribution in [2.24, 2.45) is 0 Å². The third kappa shape index (κ3) is 15.0. The van der Waals surface area contributed by atoms with Gasteiger partial charge in [-0.25, -0.2) is 16.8 Å². The molecule has 24 heteroatoms. The van der Waals surface area contributed by atoms with E-state index in [1.807, 2.05) is 17.9 Å². The predicted molar refractivity (Wildman–Crippen MR) is 295 cm³/mol. The molecule has 0 amide bonds. The zero-order valence-corrected chi connectivity index (χ0v) is 46.7. The molecule has 0 unspecified atom stereocenters. The Morgan fingerprint density at radius 3 is 1.24 bits per heavy atom. The number of hydrogen-bond donors (Lipinski definition) is 2. The fourth-order valence-corrected chi connectivity index (χ4v) is 11.8. The summed E-state index contributed by atoms with van der Waals surface area (Å²) in [7, 11) is -3.36. The average molecular weight is 1140 g/mol. The molecule has 19 nitrogen and oxygen atoms in total. The summed E-state index contributed by atoms with van der Waals surface area (Å²) in [4.78, 5) is 50.8. The summed E-state index contributed by atoms with van der Waals surface area (Å²) in [5.74, 6) is 2.23. The number of aliphatic carboxylic acids is 2. The summed E-state index contributed by atoms with van der Waals surface area (Å²) in [6.07, 6.45) is 11.1. The molecule has 0 aromatic heterocycles. The van der Waals surface area contributed by atoms with Crippen LogP contribution in [-0.4, -0.2) is 123 Å². The van der Waals surface area contributed by atoms with Crippen molar-refractivity contribution in [3.63, 3.8) is 0 Å². The van der Waals surface area contributed by atoms with E-state index in [0.29, 0.717) is 38.7 Å². The molecule has 408 valence electrons. The van der Waals surface area contributed by atoms with E-state index in [-0.39, 0.29) is 99.2 Å². The van der Waals surface area contributed by atoms with Crippen LogP contribution in [0, 0.1) is 24.7 Å². The number of carboxylic acids is 2. The van der Waals surface area contributed by atoms with Gasteiger partial charge < -0.3 is 44.4 Å². The molecule has 0 fully saturated rings. The van der Waals surface area contributed by atoms with Crippen LogP contribution in [0.3, 0.4) is 0 Å². The SMILES string of the molecule is C#CCN(c1ccc(N(CC(=O)O)S(=O)(=O)c2ccc(OC)c(Cl)c2)c2ccccc12)[C@@H](C)CC(=O)O.C#CCN(c1ccc(N(CC(=O)OC)S(=O)(=O)c2ccc(OC)c(Cl)c2)c2ccccc12)[C@@H](C)CC(=O)OC.[Li+].[OH-]. The number of carbonyl (C=O) groups is 4. The first-order valence-electron chi connectivity index (χ1n) is 22.8. The van der Waals surface area contributed by atoms with E-state index in [1.165, 1.54) is 70.9 Å². The minimum atomic E-state index is -4.37. The van der Waals surface area contributed by atoms with Crippen LogP contribution in [0.4, 0.5) is 22.7 Å². The Kier molecular flexibility index (Phi) is 24.1. The third-order valence-electron chi connectivity index (χ3n) is 11.9. The maximum Gasteiger partial charge on any atom is 1.00 e. The Balaban J connectivity index is 0.000000401. The van der Waals surface area contributed by atoms with Crippen molar-refractivity contribution in [1.82, 2.24) is 0 Å². The number of fused-ring (bicyclic) bond motifs is 2. The summed E-state index contributed by atoms with van der Waals surface area (Å²) in [5.41, 5.74) is 1.64. The van der Waals surface area contributed by atoms with Crippen molar-refractivity contribution in [2.75, 3.05) is 73.0 Å². The summed E-state index contributed by atoms with van der Waals surface area (Å²) in [6.45, 7) is 2.44. The van der Waals surface area contributed by atoms with Crippen LogP contribution in [0.25, 0.3) is 21.5 Å². The fraction of sp³-hybridized carbons (Fsp3) is 0.259. The molecule has 0 radical (unpaired) electrons. The third-order valence-corrected chi connectivity index (χ3v) is 16.0. The molecule has 6 aromatic carbocycles. The minimum absolute atomic E-state index is 0.